The highest BCUT2D eigenvalue weighted by molar-refractivity contribution is 9.10. The van der Waals surface area contributed by atoms with Crippen LogP contribution < -0.4 is 5.73 Å². The lowest BCUT2D eigenvalue weighted by Gasteiger charge is -2.12. The van der Waals surface area contributed by atoms with Crippen LogP contribution in [0.25, 0.3) is 0 Å². The van der Waals surface area contributed by atoms with Crippen LogP contribution in [0.5, 0.6) is 0 Å². The number of aliphatic hydroxyl groups is 1. The highest BCUT2D eigenvalue weighted by Gasteiger charge is 2.09. The predicted molar refractivity (Wildman–Crippen MR) is 62.5 cm³/mol. The van der Waals surface area contributed by atoms with Crippen molar-refractivity contribution in [3.8, 4) is 0 Å². The molecule has 2 nitrogen and oxygen atoms in total. The zero-order valence-electron chi connectivity index (χ0n) is 7.71. The Morgan fingerprint density at radius 1 is 1.50 bits per heavy atom. The van der Waals surface area contributed by atoms with Crippen molar-refractivity contribution in [2.45, 2.75) is 6.42 Å². The molecule has 14 heavy (non-hydrogen) atoms. The summed E-state index contributed by atoms with van der Waals surface area (Å²) < 4.78 is 0.958. The minimum Gasteiger partial charge on any atom is -0.396 e. The van der Waals surface area contributed by atoms with E-state index in [-0.39, 0.29) is 12.5 Å². The number of benzene rings is 1. The van der Waals surface area contributed by atoms with E-state index in [2.05, 4.69) is 15.9 Å². The van der Waals surface area contributed by atoms with Crippen LogP contribution in [0.2, 0.25) is 5.02 Å². The number of halogens is 2. The van der Waals surface area contributed by atoms with Gasteiger partial charge in [0.25, 0.3) is 0 Å². The summed E-state index contributed by atoms with van der Waals surface area (Å²) in [7, 11) is 0. The van der Waals surface area contributed by atoms with Gasteiger partial charge in [0.2, 0.25) is 0 Å². The summed E-state index contributed by atoms with van der Waals surface area (Å²) in [6, 6.07) is 5.73. The molecule has 0 saturated heterocycles. The third kappa shape index (κ3) is 3.24. The molecule has 0 aliphatic rings. The van der Waals surface area contributed by atoms with Gasteiger partial charge in [-0.3, -0.25) is 0 Å². The average molecular weight is 279 g/mol. The monoisotopic (exact) mass is 277 g/mol. The van der Waals surface area contributed by atoms with E-state index in [0.29, 0.717) is 11.6 Å². The van der Waals surface area contributed by atoms with Gasteiger partial charge in [0.15, 0.2) is 0 Å². The van der Waals surface area contributed by atoms with Crippen molar-refractivity contribution >= 4 is 27.5 Å². The second-order valence-corrected chi connectivity index (χ2v) is 4.55. The Morgan fingerprint density at radius 2 is 2.21 bits per heavy atom. The van der Waals surface area contributed by atoms with Crippen molar-refractivity contribution in [2.24, 2.45) is 11.7 Å². The molecule has 0 fully saturated rings. The molecule has 0 heterocycles. The molecule has 1 atom stereocenters. The minimum atomic E-state index is 0.0914. The summed E-state index contributed by atoms with van der Waals surface area (Å²) in [6.45, 7) is 0.575. The molecule has 0 aliphatic heterocycles. The van der Waals surface area contributed by atoms with Gasteiger partial charge in [-0.15, -0.1) is 0 Å². The van der Waals surface area contributed by atoms with Crippen LogP contribution in [-0.4, -0.2) is 18.3 Å². The Morgan fingerprint density at radius 3 is 2.71 bits per heavy atom. The average Bonchev–Trinajstić information content (AvgIpc) is 2.17. The van der Waals surface area contributed by atoms with E-state index < -0.39 is 0 Å². The second kappa shape index (κ2) is 5.71. The molecular formula is C10H13BrClNO. The fourth-order valence-corrected chi connectivity index (χ4v) is 1.97. The maximum Gasteiger partial charge on any atom is 0.0474 e. The number of nitrogens with two attached hydrogens (primary N) is 1. The molecule has 0 amide bonds. The molecule has 4 heteroatoms. The van der Waals surface area contributed by atoms with Crippen LogP contribution in [0, 0.1) is 5.92 Å². The van der Waals surface area contributed by atoms with E-state index in [1.807, 2.05) is 18.2 Å². The highest BCUT2D eigenvalue weighted by Crippen LogP contribution is 2.23. The highest BCUT2D eigenvalue weighted by atomic mass is 79.9. The Kier molecular flexibility index (Phi) is 4.89. The zero-order chi connectivity index (χ0) is 10.6. The van der Waals surface area contributed by atoms with Crippen LogP contribution >= 0.6 is 27.5 Å². The lowest BCUT2D eigenvalue weighted by molar-refractivity contribution is 0.230. The number of hydrogen-bond acceptors (Lipinski definition) is 2. The van der Waals surface area contributed by atoms with E-state index in [0.717, 1.165) is 16.5 Å². The van der Waals surface area contributed by atoms with Gasteiger partial charge in [-0.1, -0.05) is 33.6 Å². The van der Waals surface area contributed by atoms with Gasteiger partial charge in [-0.05, 0) is 36.6 Å². The summed E-state index contributed by atoms with van der Waals surface area (Å²) in [4.78, 5) is 0. The molecule has 3 N–H and O–H groups in total. The van der Waals surface area contributed by atoms with Crippen LogP contribution in [0.3, 0.4) is 0 Å². The van der Waals surface area contributed by atoms with Gasteiger partial charge in [0.05, 0.1) is 0 Å². The van der Waals surface area contributed by atoms with Gasteiger partial charge in [0, 0.05) is 16.1 Å². The van der Waals surface area contributed by atoms with E-state index in [4.69, 9.17) is 22.4 Å². The SMILES string of the molecule is NCC(CO)Cc1ccc(Br)cc1Cl. The van der Waals surface area contributed by atoms with Crippen molar-refractivity contribution < 1.29 is 5.11 Å². The van der Waals surface area contributed by atoms with Crippen molar-refractivity contribution in [3.05, 3.63) is 33.3 Å². The van der Waals surface area contributed by atoms with Crippen molar-refractivity contribution in [3.63, 3.8) is 0 Å². The van der Waals surface area contributed by atoms with Crippen LogP contribution in [-0.2, 0) is 6.42 Å². The quantitative estimate of drug-likeness (QED) is 0.887. The smallest absolute Gasteiger partial charge is 0.0474 e. The number of rotatable bonds is 4. The number of aliphatic hydroxyl groups excluding tert-OH is 1. The van der Waals surface area contributed by atoms with Crippen LogP contribution in [0.4, 0.5) is 0 Å². The molecule has 1 unspecified atom stereocenters. The van der Waals surface area contributed by atoms with E-state index in [9.17, 15) is 0 Å². The summed E-state index contributed by atoms with van der Waals surface area (Å²) in [5.41, 5.74) is 6.53. The van der Waals surface area contributed by atoms with Crippen molar-refractivity contribution in [2.75, 3.05) is 13.2 Å². The predicted octanol–water partition coefficient (Wildman–Crippen LogP) is 2.21. The van der Waals surface area contributed by atoms with Gasteiger partial charge >= 0.3 is 0 Å². The fourth-order valence-electron chi connectivity index (χ4n) is 1.22. The fraction of sp³-hybridized carbons (Fsp3) is 0.400. The van der Waals surface area contributed by atoms with Gasteiger partial charge in [-0.2, -0.15) is 0 Å². The summed E-state index contributed by atoms with van der Waals surface area (Å²) >= 11 is 9.37. The summed E-state index contributed by atoms with van der Waals surface area (Å²) in [6.07, 6.45) is 0.721. The zero-order valence-corrected chi connectivity index (χ0v) is 10.1. The largest absolute Gasteiger partial charge is 0.396 e. The second-order valence-electron chi connectivity index (χ2n) is 3.22. The van der Waals surface area contributed by atoms with Crippen LogP contribution in [0.15, 0.2) is 22.7 Å². The Labute approximate surface area is 97.2 Å². The van der Waals surface area contributed by atoms with Gasteiger partial charge in [0.1, 0.15) is 0 Å². The molecule has 0 saturated carbocycles. The molecule has 1 aromatic carbocycles. The topological polar surface area (TPSA) is 46.2 Å². The maximum absolute atomic E-state index is 9.00. The molecule has 0 radical (unpaired) electrons. The first-order valence-corrected chi connectivity index (χ1v) is 5.59. The first kappa shape index (κ1) is 12.0. The first-order chi connectivity index (χ1) is 6.67. The summed E-state index contributed by atoms with van der Waals surface area (Å²) in [5.74, 6) is 0.0914. The lowest BCUT2D eigenvalue weighted by Crippen LogP contribution is -2.20. The molecule has 1 aromatic rings. The molecule has 0 aromatic heterocycles. The first-order valence-electron chi connectivity index (χ1n) is 4.42. The standard InChI is InChI=1S/C10H13BrClNO/c11-9-2-1-8(10(12)4-9)3-7(5-13)6-14/h1-2,4,7,14H,3,5-6,13H2. The van der Waals surface area contributed by atoms with Crippen molar-refractivity contribution in [1.82, 2.24) is 0 Å². The van der Waals surface area contributed by atoms with Crippen LogP contribution in [0.1, 0.15) is 5.56 Å². The Bertz CT molecular complexity index is 302. The van der Waals surface area contributed by atoms with Gasteiger partial charge in [-0.25, -0.2) is 0 Å². The van der Waals surface area contributed by atoms with E-state index in [1.165, 1.54) is 0 Å². The Hall–Kier alpha value is -0.0900. The van der Waals surface area contributed by atoms with Gasteiger partial charge < -0.3 is 10.8 Å². The van der Waals surface area contributed by atoms with Crippen molar-refractivity contribution in [1.29, 1.82) is 0 Å². The van der Waals surface area contributed by atoms with E-state index in [1.54, 1.807) is 0 Å². The molecule has 78 valence electrons. The molecule has 1 rings (SSSR count). The minimum absolute atomic E-state index is 0.0914. The third-order valence-electron chi connectivity index (χ3n) is 2.12. The maximum atomic E-state index is 9.00. The molecule has 0 bridgehead atoms. The third-order valence-corrected chi connectivity index (χ3v) is 2.96. The van der Waals surface area contributed by atoms with E-state index >= 15 is 0 Å². The molecule has 0 spiro atoms. The molecule has 0 aliphatic carbocycles. The summed E-state index contributed by atoms with van der Waals surface area (Å²) in [5, 5.41) is 9.71. The number of hydrogen-bond donors (Lipinski definition) is 2. The molecular weight excluding hydrogens is 265 g/mol. The Balaban J connectivity index is 2.76. The lowest BCUT2D eigenvalue weighted by atomic mass is 10.0. The normalized spacial score (nSPS) is 12.9.